The quantitative estimate of drug-likeness (QED) is 0.558. The van der Waals surface area contributed by atoms with Gasteiger partial charge in [0.1, 0.15) is 11.6 Å². The molecule has 8 nitrogen and oxygen atoms in total. The summed E-state index contributed by atoms with van der Waals surface area (Å²) in [5.74, 6) is -0.841. The number of aromatic nitrogens is 5. The van der Waals surface area contributed by atoms with Crippen LogP contribution >= 0.6 is 11.6 Å². The van der Waals surface area contributed by atoms with Crippen molar-refractivity contribution in [1.29, 1.82) is 0 Å². The summed E-state index contributed by atoms with van der Waals surface area (Å²) in [4.78, 5) is 26.1. The van der Waals surface area contributed by atoms with Gasteiger partial charge in [-0.3, -0.25) is 4.79 Å². The minimum Gasteiger partial charge on any atom is -0.455 e. The molecule has 4 aromatic rings. The Labute approximate surface area is 162 Å². The fourth-order valence-electron chi connectivity index (χ4n) is 3.64. The van der Waals surface area contributed by atoms with Gasteiger partial charge in [0.2, 0.25) is 11.1 Å². The number of benzene rings is 1. The van der Waals surface area contributed by atoms with E-state index in [0.717, 1.165) is 5.69 Å². The van der Waals surface area contributed by atoms with Crippen molar-refractivity contribution in [1.82, 2.24) is 29.6 Å². The summed E-state index contributed by atoms with van der Waals surface area (Å²) in [5, 5.41) is 4.24. The highest BCUT2D eigenvalue weighted by molar-refractivity contribution is 6.28. The maximum atomic E-state index is 15.2. The van der Waals surface area contributed by atoms with Crippen LogP contribution in [0.15, 0.2) is 35.0 Å². The molecule has 0 spiro atoms. The molecule has 0 fully saturated rings. The molecule has 1 aromatic carbocycles. The van der Waals surface area contributed by atoms with Crippen molar-refractivity contribution < 1.29 is 13.6 Å². The summed E-state index contributed by atoms with van der Waals surface area (Å²) < 4.78 is 22.3. The van der Waals surface area contributed by atoms with E-state index >= 15 is 4.39 Å². The lowest BCUT2D eigenvalue weighted by molar-refractivity contribution is 0.0651. The standard InChI is InChI=1S/C18H14ClFN6O2/c1-25-16(23-18(19)24-25)17(27)26-7-6-10-13(22-8-21-10)14(26)15-12(20)9-4-2-3-5-11(9)28-15/h2-5,8,14H,6-7H2,1H3,(H,21,22)/t14-/m1/s1. The van der Waals surface area contributed by atoms with Crippen molar-refractivity contribution in [3.05, 3.63) is 64.7 Å². The lowest BCUT2D eigenvalue weighted by Crippen LogP contribution is -2.42. The number of nitrogens with zero attached hydrogens (tertiary/aromatic N) is 5. The molecule has 5 rings (SSSR count). The van der Waals surface area contributed by atoms with Gasteiger partial charge in [-0.1, -0.05) is 12.1 Å². The van der Waals surface area contributed by atoms with E-state index in [1.807, 2.05) is 0 Å². The Bertz CT molecular complexity index is 1210. The second-order valence-electron chi connectivity index (χ2n) is 6.52. The van der Waals surface area contributed by atoms with Crippen LogP contribution in [0.4, 0.5) is 4.39 Å². The highest BCUT2D eigenvalue weighted by Crippen LogP contribution is 2.39. The van der Waals surface area contributed by atoms with Crippen LogP contribution in [0.25, 0.3) is 11.0 Å². The van der Waals surface area contributed by atoms with Crippen molar-refractivity contribution in [3.8, 4) is 0 Å². The van der Waals surface area contributed by atoms with E-state index in [2.05, 4.69) is 20.1 Å². The molecule has 4 heterocycles. The van der Waals surface area contributed by atoms with Crippen LogP contribution in [-0.4, -0.2) is 42.1 Å². The van der Waals surface area contributed by atoms with Crippen LogP contribution in [0.2, 0.25) is 5.28 Å². The number of imidazole rings is 1. The van der Waals surface area contributed by atoms with E-state index in [1.165, 1.54) is 15.9 Å². The number of nitrogens with one attached hydrogen (secondary N) is 1. The number of hydrogen-bond acceptors (Lipinski definition) is 5. The summed E-state index contributed by atoms with van der Waals surface area (Å²) >= 11 is 5.83. The third-order valence-corrected chi connectivity index (χ3v) is 5.08. The molecule has 1 N–H and O–H groups in total. The van der Waals surface area contributed by atoms with E-state index in [4.69, 9.17) is 16.0 Å². The van der Waals surface area contributed by atoms with Crippen molar-refractivity contribution in [2.45, 2.75) is 12.5 Å². The molecule has 0 saturated carbocycles. The zero-order valence-corrected chi connectivity index (χ0v) is 15.4. The molecule has 0 unspecified atom stereocenters. The van der Waals surface area contributed by atoms with Crippen molar-refractivity contribution in [3.63, 3.8) is 0 Å². The first-order valence-electron chi connectivity index (χ1n) is 8.61. The van der Waals surface area contributed by atoms with Crippen LogP contribution in [0.1, 0.15) is 33.8 Å². The van der Waals surface area contributed by atoms with Crippen molar-refractivity contribution in [2.24, 2.45) is 7.05 Å². The average molecular weight is 401 g/mol. The van der Waals surface area contributed by atoms with Gasteiger partial charge in [-0.2, -0.15) is 4.98 Å². The Kier molecular flexibility index (Phi) is 3.73. The number of furan rings is 1. The van der Waals surface area contributed by atoms with Crippen LogP contribution in [0, 0.1) is 5.82 Å². The molecule has 1 aliphatic heterocycles. The van der Waals surface area contributed by atoms with E-state index < -0.39 is 17.8 Å². The maximum absolute atomic E-state index is 15.2. The normalized spacial score (nSPS) is 16.5. The van der Waals surface area contributed by atoms with Gasteiger partial charge in [0.05, 0.1) is 17.4 Å². The highest BCUT2D eigenvalue weighted by Gasteiger charge is 2.40. The predicted molar refractivity (Wildman–Crippen MR) is 97.4 cm³/mol. The summed E-state index contributed by atoms with van der Waals surface area (Å²) in [6, 6.07) is 5.99. The minimum absolute atomic E-state index is 0.0326. The Morgan fingerprint density at radius 3 is 2.96 bits per heavy atom. The van der Waals surface area contributed by atoms with Crippen LogP contribution in [-0.2, 0) is 13.5 Å². The lowest BCUT2D eigenvalue weighted by Gasteiger charge is -2.33. The second-order valence-corrected chi connectivity index (χ2v) is 6.86. The first kappa shape index (κ1) is 16.9. The molecule has 1 amide bonds. The van der Waals surface area contributed by atoms with Gasteiger partial charge in [0, 0.05) is 25.7 Å². The molecule has 10 heteroatoms. The first-order valence-corrected chi connectivity index (χ1v) is 8.99. The zero-order chi connectivity index (χ0) is 19.4. The largest absolute Gasteiger partial charge is 0.455 e. The van der Waals surface area contributed by atoms with E-state index in [-0.39, 0.29) is 16.9 Å². The number of aromatic amines is 1. The molecule has 1 aliphatic rings. The third kappa shape index (κ3) is 2.43. The number of aryl methyl sites for hydroxylation is 1. The predicted octanol–water partition coefficient (Wildman–Crippen LogP) is 2.86. The van der Waals surface area contributed by atoms with Gasteiger partial charge in [-0.15, -0.1) is 5.10 Å². The molecule has 0 saturated heterocycles. The van der Waals surface area contributed by atoms with Crippen LogP contribution < -0.4 is 0 Å². The van der Waals surface area contributed by atoms with Gasteiger partial charge in [-0.25, -0.2) is 14.1 Å². The number of H-pyrrole nitrogens is 1. The molecule has 0 bridgehead atoms. The van der Waals surface area contributed by atoms with Crippen molar-refractivity contribution in [2.75, 3.05) is 6.54 Å². The molecular weight excluding hydrogens is 387 g/mol. The van der Waals surface area contributed by atoms with Crippen LogP contribution in [0.5, 0.6) is 0 Å². The SMILES string of the molecule is Cn1nc(Cl)nc1C(=O)N1CCc2[nH]cnc2[C@@H]1c1oc2ccccc2c1F. The molecular formula is C18H14ClFN6O2. The smallest absolute Gasteiger partial charge is 0.292 e. The molecule has 28 heavy (non-hydrogen) atoms. The van der Waals surface area contributed by atoms with E-state index in [0.29, 0.717) is 29.6 Å². The average Bonchev–Trinajstić information content (AvgIpc) is 3.38. The highest BCUT2D eigenvalue weighted by atomic mass is 35.5. The summed E-state index contributed by atoms with van der Waals surface area (Å²) in [6.07, 6.45) is 2.08. The number of carbonyl (C=O) groups excluding carboxylic acids is 1. The monoisotopic (exact) mass is 400 g/mol. The van der Waals surface area contributed by atoms with E-state index in [1.54, 1.807) is 31.3 Å². The second kappa shape index (κ2) is 6.16. The van der Waals surface area contributed by atoms with Crippen LogP contribution in [0.3, 0.4) is 0 Å². The maximum Gasteiger partial charge on any atom is 0.292 e. The van der Waals surface area contributed by atoms with Gasteiger partial charge < -0.3 is 14.3 Å². The summed E-state index contributed by atoms with van der Waals surface area (Å²) in [7, 11) is 1.58. The fourth-order valence-corrected chi connectivity index (χ4v) is 3.83. The number of hydrogen-bond donors (Lipinski definition) is 1. The van der Waals surface area contributed by atoms with Gasteiger partial charge in [0.15, 0.2) is 11.6 Å². The third-order valence-electron chi connectivity index (χ3n) is 4.92. The number of rotatable bonds is 2. The minimum atomic E-state index is -0.828. The molecule has 142 valence electrons. The number of carbonyl (C=O) groups is 1. The van der Waals surface area contributed by atoms with Gasteiger partial charge >= 0.3 is 0 Å². The Morgan fingerprint density at radius 2 is 2.21 bits per heavy atom. The molecule has 0 radical (unpaired) electrons. The Balaban J connectivity index is 1.67. The van der Waals surface area contributed by atoms with Gasteiger partial charge in [-0.05, 0) is 23.7 Å². The van der Waals surface area contributed by atoms with E-state index in [9.17, 15) is 4.79 Å². The summed E-state index contributed by atoms with van der Waals surface area (Å²) in [6.45, 7) is 0.333. The molecule has 0 aliphatic carbocycles. The number of amides is 1. The number of halogens is 2. The Hall–Kier alpha value is -3.20. The topological polar surface area (TPSA) is 92.8 Å². The summed E-state index contributed by atoms with van der Waals surface area (Å²) in [5.41, 5.74) is 1.79. The van der Waals surface area contributed by atoms with Gasteiger partial charge in [0.25, 0.3) is 5.91 Å². The first-order chi connectivity index (χ1) is 13.5. The molecule has 1 atom stereocenters. The Morgan fingerprint density at radius 1 is 1.39 bits per heavy atom. The lowest BCUT2D eigenvalue weighted by atomic mass is 9.99. The zero-order valence-electron chi connectivity index (χ0n) is 14.7. The molecule has 3 aromatic heterocycles. The number of fused-ring (bicyclic) bond motifs is 2. The van der Waals surface area contributed by atoms with Crippen molar-refractivity contribution >= 4 is 28.5 Å². The fraction of sp³-hybridized carbons (Fsp3) is 0.222. The number of para-hydroxylation sites is 1.